The van der Waals surface area contributed by atoms with Crippen molar-refractivity contribution in [2.24, 2.45) is 5.92 Å². The summed E-state index contributed by atoms with van der Waals surface area (Å²) < 4.78 is 0.565. The van der Waals surface area contributed by atoms with Crippen molar-refractivity contribution in [1.82, 2.24) is 5.32 Å². The molecule has 1 N–H and O–H groups in total. The highest BCUT2D eigenvalue weighted by Crippen LogP contribution is 1.96. The summed E-state index contributed by atoms with van der Waals surface area (Å²) in [5.41, 5.74) is 0. The number of carbonyl (C=O) groups excluding carboxylic acids is 1. The van der Waals surface area contributed by atoms with Crippen LogP contribution in [0.3, 0.4) is 0 Å². The molecule has 0 atom stereocenters. The largest absolute Gasteiger partial charge is 0.355 e. The number of rotatable bonds is 4. The van der Waals surface area contributed by atoms with Gasteiger partial charge in [-0.15, -0.1) is 0 Å². The van der Waals surface area contributed by atoms with Gasteiger partial charge in [0, 0.05) is 6.54 Å². The molecule has 10 heavy (non-hydrogen) atoms. The minimum Gasteiger partial charge on any atom is -0.355 e. The Kier molecular flexibility index (Phi) is 6.06. The Bertz CT molecular complexity index is 104. The fourth-order valence-corrected chi connectivity index (χ4v) is 0.817. The van der Waals surface area contributed by atoms with Gasteiger partial charge >= 0.3 is 0 Å². The molecule has 0 spiro atoms. The highest BCUT2D eigenvalue weighted by atomic mass is 127. The lowest BCUT2D eigenvalue weighted by Gasteiger charge is -2.04. The van der Waals surface area contributed by atoms with Crippen molar-refractivity contribution in [2.45, 2.75) is 20.3 Å². The van der Waals surface area contributed by atoms with Gasteiger partial charge in [-0.2, -0.15) is 0 Å². The number of amides is 1. The van der Waals surface area contributed by atoms with E-state index in [0.29, 0.717) is 10.3 Å². The van der Waals surface area contributed by atoms with Crippen molar-refractivity contribution in [3.8, 4) is 0 Å². The molecule has 2 nitrogen and oxygen atoms in total. The third kappa shape index (κ3) is 6.32. The van der Waals surface area contributed by atoms with Crippen molar-refractivity contribution in [3.63, 3.8) is 0 Å². The molecule has 0 saturated carbocycles. The van der Waals surface area contributed by atoms with Gasteiger partial charge in [0.1, 0.15) is 0 Å². The van der Waals surface area contributed by atoms with Crippen LogP contribution in [0.15, 0.2) is 0 Å². The Morgan fingerprint density at radius 3 is 2.60 bits per heavy atom. The van der Waals surface area contributed by atoms with E-state index in [1.807, 2.05) is 0 Å². The summed E-state index contributed by atoms with van der Waals surface area (Å²) in [6, 6.07) is 0. The van der Waals surface area contributed by atoms with Crippen molar-refractivity contribution in [3.05, 3.63) is 0 Å². The molecule has 0 radical (unpaired) electrons. The SMILES string of the molecule is CC(C)CCNC(=O)CI. The molecule has 0 aromatic heterocycles. The van der Waals surface area contributed by atoms with Crippen molar-refractivity contribution in [2.75, 3.05) is 11.0 Å². The molecule has 0 rings (SSSR count). The van der Waals surface area contributed by atoms with Gasteiger partial charge in [0.2, 0.25) is 5.91 Å². The van der Waals surface area contributed by atoms with E-state index in [4.69, 9.17) is 0 Å². The summed E-state index contributed by atoms with van der Waals surface area (Å²) in [5, 5.41) is 2.82. The molecule has 0 heterocycles. The van der Waals surface area contributed by atoms with E-state index in [2.05, 4.69) is 41.8 Å². The van der Waals surface area contributed by atoms with Crippen LogP contribution in [0.5, 0.6) is 0 Å². The molecular formula is C7H14INO. The number of nitrogens with one attached hydrogen (secondary N) is 1. The minimum atomic E-state index is 0.140. The van der Waals surface area contributed by atoms with Crippen LogP contribution < -0.4 is 5.32 Å². The van der Waals surface area contributed by atoms with Crippen molar-refractivity contribution < 1.29 is 4.79 Å². The van der Waals surface area contributed by atoms with E-state index in [0.717, 1.165) is 13.0 Å². The summed E-state index contributed by atoms with van der Waals surface area (Å²) in [6.45, 7) is 5.12. The van der Waals surface area contributed by atoms with Gasteiger partial charge in [0.05, 0.1) is 4.43 Å². The molecule has 0 fully saturated rings. The fourth-order valence-electron chi connectivity index (χ4n) is 0.548. The van der Waals surface area contributed by atoms with E-state index >= 15 is 0 Å². The minimum absolute atomic E-state index is 0.140. The number of halogens is 1. The van der Waals surface area contributed by atoms with Crippen molar-refractivity contribution >= 4 is 28.5 Å². The summed E-state index contributed by atoms with van der Waals surface area (Å²) in [7, 11) is 0. The molecule has 60 valence electrons. The summed E-state index contributed by atoms with van der Waals surface area (Å²) in [6.07, 6.45) is 1.07. The Balaban J connectivity index is 3.12. The van der Waals surface area contributed by atoms with E-state index in [1.54, 1.807) is 0 Å². The molecule has 0 aromatic carbocycles. The van der Waals surface area contributed by atoms with Crippen LogP contribution >= 0.6 is 22.6 Å². The highest BCUT2D eigenvalue weighted by Gasteiger charge is 1.97. The lowest BCUT2D eigenvalue weighted by molar-refractivity contribution is -0.118. The van der Waals surface area contributed by atoms with E-state index in [9.17, 15) is 4.79 Å². The predicted octanol–water partition coefficient (Wildman–Crippen LogP) is 1.58. The first kappa shape index (κ1) is 10.2. The van der Waals surface area contributed by atoms with Gasteiger partial charge in [0.15, 0.2) is 0 Å². The number of hydrogen-bond donors (Lipinski definition) is 1. The maximum absolute atomic E-state index is 10.7. The van der Waals surface area contributed by atoms with Crippen molar-refractivity contribution in [1.29, 1.82) is 0 Å². The molecule has 0 bridgehead atoms. The molecule has 0 unspecified atom stereocenters. The molecule has 1 amide bonds. The summed E-state index contributed by atoms with van der Waals surface area (Å²) in [4.78, 5) is 10.7. The Hall–Kier alpha value is 0.200. The first-order valence-electron chi connectivity index (χ1n) is 3.49. The van der Waals surface area contributed by atoms with Crippen LogP contribution in [-0.4, -0.2) is 16.9 Å². The highest BCUT2D eigenvalue weighted by molar-refractivity contribution is 14.1. The average molecular weight is 255 g/mol. The molecule has 0 aliphatic heterocycles. The lowest BCUT2D eigenvalue weighted by Crippen LogP contribution is -2.25. The summed E-state index contributed by atoms with van der Waals surface area (Å²) in [5.74, 6) is 0.816. The maximum Gasteiger partial charge on any atom is 0.229 e. The zero-order chi connectivity index (χ0) is 7.98. The predicted molar refractivity (Wildman–Crippen MR) is 51.4 cm³/mol. The van der Waals surface area contributed by atoms with Gasteiger partial charge in [-0.05, 0) is 12.3 Å². The van der Waals surface area contributed by atoms with E-state index < -0.39 is 0 Å². The van der Waals surface area contributed by atoms with Crippen LogP contribution in [-0.2, 0) is 4.79 Å². The molecule has 0 saturated heterocycles. The Morgan fingerprint density at radius 1 is 1.60 bits per heavy atom. The van der Waals surface area contributed by atoms with Gasteiger partial charge in [-0.3, -0.25) is 4.79 Å². The van der Waals surface area contributed by atoms with Gasteiger partial charge in [-0.1, -0.05) is 36.4 Å². The zero-order valence-electron chi connectivity index (χ0n) is 6.48. The topological polar surface area (TPSA) is 29.1 Å². The van der Waals surface area contributed by atoms with Crippen LogP contribution in [0.1, 0.15) is 20.3 Å². The number of alkyl halides is 1. The normalized spacial score (nSPS) is 10.0. The first-order chi connectivity index (χ1) is 4.66. The monoisotopic (exact) mass is 255 g/mol. The van der Waals surface area contributed by atoms with Gasteiger partial charge in [-0.25, -0.2) is 0 Å². The Morgan fingerprint density at radius 2 is 2.20 bits per heavy atom. The third-order valence-electron chi connectivity index (χ3n) is 1.17. The second kappa shape index (κ2) is 5.95. The second-order valence-corrected chi connectivity index (χ2v) is 3.43. The first-order valence-corrected chi connectivity index (χ1v) is 5.02. The Labute approximate surface area is 75.9 Å². The maximum atomic E-state index is 10.7. The van der Waals surface area contributed by atoms with E-state index in [-0.39, 0.29) is 5.91 Å². The molecule has 0 aliphatic rings. The van der Waals surface area contributed by atoms with Crippen LogP contribution in [0.4, 0.5) is 0 Å². The smallest absolute Gasteiger partial charge is 0.229 e. The van der Waals surface area contributed by atoms with Crippen LogP contribution in [0, 0.1) is 5.92 Å². The quantitative estimate of drug-likeness (QED) is 0.599. The number of hydrogen-bond acceptors (Lipinski definition) is 1. The van der Waals surface area contributed by atoms with Gasteiger partial charge in [0.25, 0.3) is 0 Å². The zero-order valence-corrected chi connectivity index (χ0v) is 8.64. The molecule has 0 aliphatic carbocycles. The number of carbonyl (C=O) groups is 1. The second-order valence-electron chi connectivity index (χ2n) is 2.67. The van der Waals surface area contributed by atoms with E-state index in [1.165, 1.54) is 0 Å². The standard InChI is InChI=1S/C7H14INO/c1-6(2)3-4-9-7(10)5-8/h6H,3-5H2,1-2H3,(H,9,10). The van der Waals surface area contributed by atoms with Crippen LogP contribution in [0.2, 0.25) is 0 Å². The van der Waals surface area contributed by atoms with Gasteiger partial charge < -0.3 is 5.32 Å². The third-order valence-corrected chi connectivity index (χ3v) is 1.86. The molecule has 0 aromatic rings. The average Bonchev–Trinajstić information content (AvgIpc) is 1.87. The lowest BCUT2D eigenvalue weighted by atomic mass is 10.1. The van der Waals surface area contributed by atoms with Crippen LogP contribution in [0.25, 0.3) is 0 Å². The summed E-state index contributed by atoms with van der Waals surface area (Å²) >= 11 is 2.06. The molecular weight excluding hydrogens is 241 g/mol. The molecule has 3 heteroatoms. The fraction of sp³-hybridized carbons (Fsp3) is 0.857.